The van der Waals surface area contributed by atoms with Gasteiger partial charge < -0.3 is 9.64 Å². The van der Waals surface area contributed by atoms with E-state index in [1.165, 1.54) is 6.42 Å². The molecule has 118 valence electrons. The largest absolute Gasteiger partial charge is 0.490 e. The molecule has 5 heteroatoms. The zero-order chi connectivity index (χ0) is 15.3. The minimum absolute atomic E-state index is 0.117. The fourth-order valence-corrected chi connectivity index (χ4v) is 3.58. The van der Waals surface area contributed by atoms with Crippen molar-refractivity contribution >= 4 is 9.84 Å². The van der Waals surface area contributed by atoms with E-state index in [2.05, 4.69) is 11.8 Å². The van der Waals surface area contributed by atoms with Crippen molar-refractivity contribution in [1.82, 2.24) is 4.90 Å². The number of hydrogen-bond acceptors (Lipinski definition) is 4. The van der Waals surface area contributed by atoms with Gasteiger partial charge >= 0.3 is 0 Å². The molecule has 0 saturated carbocycles. The predicted molar refractivity (Wildman–Crippen MR) is 84.5 cm³/mol. The molecule has 1 aliphatic rings. The van der Waals surface area contributed by atoms with Crippen LogP contribution in [0.15, 0.2) is 29.2 Å². The number of hydrogen-bond donors (Lipinski definition) is 0. The van der Waals surface area contributed by atoms with Crippen LogP contribution in [0.25, 0.3) is 0 Å². The predicted octanol–water partition coefficient (Wildman–Crippen LogP) is 2.73. The van der Waals surface area contributed by atoms with Crippen molar-refractivity contribution < 1.29 is 13.2 Å². The molecule has 0 atom stereocenters. The van der Waals surface area contributed by atoms with Gasteiger partial charge in [-0.3, -0.25) is 0 Å². The first-order chi connectivity index (χ1) is 10.0. The molecule has 4 nitrogen and oxygen atoms in total. The van der Waals surface area contributed by atoms with E-state index >= 15 is 0 Å². The zero-order valence-corrected chi connectivity index (χ0v) is 13.7. The standard InChI is InChI=1S/C16H25NO3S/c1-3-10-17-11-8-14(9-12-17)20-15-6-5-7-16(13-15)21(18,19)4-2/h5-7,13-14H,3-4,8-12H2,1-2H3. The monoisotopic (exact) mass is 311 g/mol. The summed E-state index contributed by atoms with van der Waals surface area (Å²) in [4.78, 5) is 2.81. The van der Waals surface area contributed by atoms with Crippen molar-refractivity contribution in [3.8, 4) is 5.75 Å². The normalized spacial score (nSPS) is 17.8. The first kappa shape index (κ1) is 16.3. The number of benzene rings is 1. The van der Waals surface area contributed by atoms with Gasteiger partial charge in [0.05, 0.1) is 10.6 Å². The summed E-state index contributed by atoms with van der Waals surface area (Å²) in [5, 5.41) is 0. The second-order valence-corrected chi connectivity index (χ2v) is 7.82. The van der Waals surface area contributed by atoms with Crippen LogP contribution in [0.1, 0.15) is 33.1 Å². The molecule has 0 unspecified atom stereocenters. The lowest BCUT2D eigenvalue weighted by Crippen LogP contribution is -2.38. The number of piperidine rings is 1. The average Bonchev–Trinajstić information content (AvgIpc) is 2.50. The van der Waals surface area contributed by atoms with Gasteiger partial charge in [0.15, 0.2) is 9.84 Å². The van der Waals surface area contributed by atoms with Gasteiger partial charge in [0.2, 0.25) is 0 Å². The Labute approximate surface area is 128 Å². The number of nitrogens with zero attached hydrogens (tertiary/aromatic N) is 1. The fraction of sp³-hybridized carbons (Fsp3) is 0.625. The topological polar surface area (TPSA) is 46.6 Å². The van der Waals surface area contributed by atoms with Gasteiger partial charge in [0.1, 0.15) is 11.9 Å². The van der Waals surface area contributed by atoms with E-state index in [0.717, 1.165) is 32.5 Å². The van der Waals surface area contributed by atoms with Gasteiger partial charge in [0, 0.05) is 13.1 Å². The van der Waals surface area contributed by atoms with Crippen molar-refractivity contribution in [2.45, 2.75) is 44.1 Å². The first-order valence-corrected chi connectivity index (χ1v) is 9.42. The minimum atomic E-state index is -3.17. The number of likely N-dealkylation sites (tertiary alicyclic amines) is 1. The van der Waals surface area contributed by atoms with Gasteiger partial charge in [-0.25, -0.2) is 8.42 Å². The molecule has 0 aromatic heterocycles. The van der Waals surface area contributed by atoms with Gasteiger partial charge in [-0.05, 0) is 44.0 Å². The SMILES string of the molecule is CCCN1CCC(Oc2cccc(S(=O)(=O)CC)c2)CC1. The summed E-state index contributed by atoms with van der Waals surface area (Å²) < 4.78 is 29.8. The summed E-state index contributed by atoms with van der Waals surface area (Å²) in [6.45, 7) is 7.13. The van der Waals surface area contributed by atoms with E-state index in [1.54, 1.807) is 25.1 Å². The van der Waals surface area contributed by atoms with Crippen LogP contribution >= 0.6 is 0 Å². The molecule has 0 bridgehead atoms. The summed E-state index contributed by atoms with van der Waals surface area (Å²) in [6.07, 6.45) is 3.38. The van der Waals surface area contributed by atoms with E-state index < -0.39 is 9.84 Å². The van der Waals surface area contributed by atoms with Gasteiger partial charge in [0.25, 0.3) is 0 Å². The number of ether oxygens (including phenoxy) is 1. The maximum atomic E-state index is 11.9. The van der Waals surface area contributed by atoms with E-state index in [0.29, 0.717) is 10.6 Å². The molecule has 0 aliphatic carbocycles. The van der Waals surface area contributed by atoms with Crippen LogP contribution in [0.4, 0.5) is 0 Å². The van der Waals surface area contributed by atoms with E-state index in [9.17, 15) is 8.42 Å². The molecule has 0 radical (unpaired) electrons. The maximum absolute atomic E-state index is 11.9. The second kappa shape index (κ2) is 7.27. The molecule has 1 aromatic carbocycles. The Morgan fingerprint density at radius 2 is 1.95 bits per heavy atom. The van der Waals surface area contributed by atoms with Crippen molar-refractivity contribution in [3.63, 3.8) is 0 Å². The average molecular weight is 311 g/mol. The highest BCUT2D eigenvalue weighted by molar-refractivity contribution is 7.91. The molecule has 1 saturated heterocycles. The Balaban J connectivity index is 1.97. The molecule has 1 aliphatic heterocycles. The number of rotatable bonds is 6. The van der Waals surface area contributed by atoms with Crippen LogP contribution in [-0.2, 0) is 9.84 Å². The highest BCUT2D eigenvalue weighted by atomic mass is 32.2. The molecule has 0 amide bonds. The third kappa shape index (κ3) is 4.45. The summed E-state index contributed by atoms with van der Waals surface area (Å²) in [5.41, 5.74) is 0. The Kier molecular flexibility index (Phi) is 5.65. The van der Waals surface area contributed by atoms with Crippen LogP contribution in [0.5, 0.6) is 5.75 Å². The Morgan fingerprint density at radius 3 is 2.57 bits per heavy atom. The Bertz CT molecular complexity index is 548. The Morgan fingerprint density at radius 1 is 1.24 bits per heavy atom. The van der Waals surface area contributed by atoms with Gasteiger partial charge in [-0.1, -0.05) is 19.9 Å². The van der Waals surface area contributed by atoms with Crippen LogP contribution in [-0.4, -0.2) is 44.8 Å². The lowest BCUT2D eigenvalue weighted by Gasteiger charge is -2.31. The van der Waals surface area contributed by atoms with Crippen LogP contribution in [0.2, 0.25) is 0 Å². The third-order valence-electron chi connectivity index (χ3n) is 3.92. The van der Waals surface area contributed by atoms with Crippen molar-refractivity contribution in [2.75, 3.05) is 25.4 Å². The van der Waals surface area contributed by atoms with Crippen LogP contribution < -0.4 is 4.74 Å². The van der Waals surface area contributed by atoms with Crippen molar-refractivity contribution in [3.05, 3.63) is 24.3 Å². The molecule has 21 heavy (non-hydrogen) atoms. The quantitative estimate of drug-likeness (QED) is 0.810. The molecule has 0 spiro atoms. The molecule has 0 N–H and O–H groups in total. The zero-order valence-electron chi connectivity index (χ0n) is 12.9. The maximum Gasteiger partial charge on any atom is 0.178 e. The Hall–Kier alpha value is -1.07. The van der Waals surface area contributed by atoms with E-state index in [1.807, 2.05) is 6.07 Å². The smallest absolute Gasteiger partial charge is 0.178 e. The molecular formula is C16H25NO3S. The first-order valence-electron chi connectivity index (χ1n) is 7.77. The van der Waals surface area contributed by atoms with E-state index in [-0.39, 0.29) is 11.9 Å². The molecular weight excluding hydrogens is 286 g/mol. The summed E-state index contributed by atoms with van der Waals surface area (Å²) in [5.74, 6) is 0.782. The third-order valence-corrected chi connectivity index (χ3v) is 5.65. The highest BCUT2D eigenvalue weighted by Crippen LogP contribution is 2.22. The van der Waals surface area contributed by atoms with Crippen LogP contribution in [0.3, 0.4) is 0 Å². The van der Waals surface area contributed by atoms with Gasteiger partial charge in [-0.2, -0.15) is 0 Å². The lowest BCUT2D eigenvalue weighted by atomic mass is 10.1. The summed E-state index contributed by atoms with van der Waals surface area (Å²) in [6, 6.07) is 6.88. The fourth-order valence-electron chi connectivity index (χ4n) is 2.67. The highest BCUT2D eigenvalue weighted by Gasteiger charge is 2.20. The van der Waals surface area contributed by atoms with Crippen molar-refractivity contribution in [1.29, 1.82) is 0 Å². The molecule has 2 rings (SSSR count). The number of sulfone groups is 1. The van der Waals surface area contributed by atoms with Gasteiger partial charge in [-0.15, -0.1) is 0 Å². The molecule has 1 fully saturated rings. The lowest BCUT2D eigenvalue weighted by molar-refractivity contribution is 0.100. The van der Waals surface area contributed by atoms with Crippen molar-refractivity contribution in [2.24, 2.45) is 0 Å². The molecule has 1 aromatic rings. The van der Waals surface area contributed by atoms with Crippen LogP contribution in [0, 0.1) is 0 Å². The minimum Gasteiger partial charge on any atom is -0.490 e. The van der Waals surface area contributed by atoms with E-state index in [4.69, 9.17) is 4.74 Å². The summed E-state index contributed by atoms with van der Waals surface area (Å²) >= 11 is 0. The summed E-state index contributed by atoms with van der Waals surface area (Å²) in [7, 11) is -3.17. The second-order valence-electron chi connectivity index (χ2n) is 5.54. The molecule has 1 heterocycles.